The largest absolute Gasteiger partial charge is 0.304 e. The third-order valence-corrected chi connectivity index (χ3v) is 8.83. The maximum Gasteiger partial charge on any atom is 0.270 e. The Kier molecular flexibility index (Phi) is 9.80. The summed E-state index contributed by atoms with van der Waals surface area (Å²) in [4.78, 5) is 24.8. The monoisotopic (exact) mass is 599 g/mol. The van der Waals surface area contributed by atoms with Crippen LogP contribution in [0.3, 0.4) is 0 Å². The van der Waals surface area contributed by atoms with Crippen molar-refractivity contribution in [1.29, 1.82) is 0 Å². The molecule has 0 saturated carbocycles. The van der Waals surface area contributed by atoms with Crippen LogP contribution in [0, 0.1) is 6.92 Å². The van der Waals surface area contributed by atoms with Gasteiger partial charge in [0.1, 0.15) is 4.83 Å². The molecule has 3 heterocycles. The number of carbonyl (C=O) groups is 1. The minimum atomic E-state index is -0.0261. The van der Waals surface area contributed by atoms with Crippen molar-refractivity contribution in [1.82, 2.24) is 19.7 Å². The van der Waals surface area contributed by atoms with E-state index >= 15 is 0 Å². The highest BCUT2D eigenvalue weighted by atomic mass is 35.5. The van der Waals surface area contributed by atoms with Gasteiger partial charge in [-0.1, -0.05) is 55.8 Å². The van der Waals surface area contributed by atoms with Gasteiger partial charge in [0.2, 0.25) is 0 Å². The highest BCUT2D eigenvalue weighted by Crippen LogP contribution is 2.34. The Bertz CT molecular complexity index is 1520. The van der Waals surface area contributed by atoms with E-state index in [1.807, 2.05) is 82.5 Å². The molecule has 0 saturated heterocycles. The molecule has 204 valence electrons. The lowest BCUT2D eigenvalue weighted by molar-refractivity contribution is 0.0989. The standard InChI is InChI=1S/C29H30ClN5OS2.ClH/c1-4-33(5-2)16-9-17-34(29-31-25(19-37-29)21-12-14-22(30)15-13-21)27(36)26-18-24-20(3)32-35(28(24)38-26)23-10-7-6-8-11-23;/h6-8,10-15,18-19H,4-5,9,16-17H2,1-3H3;1H. The first kappa shape index (κ1) is 29.2. The summed E-state index contributed by atoms with van der Waals surface area (Å²) in [5, 5.41) is 9.14. The number of carbonyl (C=O) groups excluding carboxylic acids is 1. The molecule has 0 radical (unpaired) electrons. The fraction of sp³-hybridized carbons (Fsp3) is 0.276. The van der Waals surface area contributed by atoms with Crippen LogP contribution in [-0.4, -0.2) is 51.8 Å². The predicted molar refractivity (Wildman–Crippen MR) is 168 cm³/mol. The number of aromatic nitrogens is 3. The average Bonchev–Trinajstić information content (AvgIpc) is 3.67. The van der Waals surface area contributed by atoms with Gasteiger partial charge in [0.15, 0.2) is 5.13 Å². The van der Waals surface area contributed by atoms with Crippen LogP contribution in [0.5, 0.6) is 0 Å². The number of benzene rings is 2. The first-order valence-electron chi connectivity index (χ1n) is 12.8. The molecule has 1 amide bonds. The van der Waals surface area contributed by atoms with Crippen molar-refractivity contribution in [3.63, 3.8) is 0 Å². The molecule has 0 aliphatic carbocycles. The molecule has 0 spiro atoms. The van der Waals surface area contributed by atoms with Gasteiger partial charge in [0, 0.05) is 27.9 Å². The number of amides is 1. The molecule has 6 nitrogen and oxygen atoms in total. The van der Waals surface area contributed by atoms with Crippen molar-refractivity contribution >= 4 is 67.9 Å². The van der Waals surface area contributed by atoms with Crippen molar-refractivity contribution in [2.45, 2.75) is 27.2 Å². The molecule has 0 fully saturated rings. The van der Waals surface area contributed by atoms with E-state index in [4.69, 9.17) is 21.7 Å². The van der Waals surface area contributed by atoms with E-state index in [-0.39, 0.29) is 18.3 Å². The second-order valence-electron chi connectivity index (χ2n) is 9.02. The lowest BCUT2D eigenvalue weighted by Crippen LogP contribution is -2.34. The number of nitrogens with zero attached hydrogens (tertiary/aromatic N) is 5. The van der Waals surface area contributed by atoms with Crippen molar-refractivity contribution in [2.24, 2.45) is 0 Å². The number of thiophene rings is 1. The first-order chi connectivity index (χ1) is 18.5. The van der Waals surface area contributed by atoms with Gasteiger partial charge in [-0.2, -0.15) is 5.10 Å². The van der Waals surface area contributed by atoms with E-state index in [9.17, 15) is 4.79 Å². The Labute approximate surface area is 248 Å². The van der Waals surface area contributed by atoms with Crippen molar-refractivity contribution in [2.75, 3.05) is 31.1 Å². The van der Waals surface area contributed by atoms with Crippen molar-refractivity contribution < 1.29 is 4.79 Å². The summed E-state index contributed by atoms with van der Waals surface area (Å²) in [6, 6.07) is 19.7. The van der Waals surface area contributed by atoms with Crippen LogP contribution in [0.25, 0.3) is 27.2 Å². The summed E-state index contributed by atoms with van der Waals surface area (Å²) in [7, 11) is 0. The average molecular weight is 601 g/mol. The van der Waals surface area contributed by atoms with Gasteiger partial charge >= 0.3 is 0 Å². The molecule has 0 N–H and O–H groups in total. The molecule has 0 bridgehead atoms. The summed E-state index contributed by atoms with van der Waals surface area (Å²) < 4.78 is 1.93. The SMILES string of the molecule is CCN(CC)CCCN(C(=O)c1cc2c(C)nn(-c3ccccc3)c2s1)c1nc(-c2ccc(Cl)cc2)cs1.Cl. The normalized spacial score (nSPS) is 11.2. The Morgan fingerprint density at radius 2 is 1.74 bits per heavy atom. The summed E-state index contributed by atoms with van der Waals surface area (Å²) in [6.07, 6.45) is 0.866. The van der Waals surface area contributed by atoms with E-state index in [1.165, 1.54) is 22.7 Å². The fourth-order valence-electron chi connectivity index (χ4n) is 4.45. The number of para-hydroxylation sites is 1. The predicted octanol–water partition coefficient (Wildman–Crippen LogP) is 7.97. The van der Waals surface area contributed by atoms with Gasteiger partial charge in [-0.15, -0.1) is 35.1 Å². The van der Waals surface area contributed by atoms with Gasteiger partial charge in [-0.05, 0) is 63.3 Å². The smallest absolute Gasteiger partial charge is 0.270 e. The van der Waals surface area contributed by atoms with Crippen molar-refractivity contribution in [3.05, 3.63) is 81.6 Å². The van der Waals surface area contributed by atoms with E-state index in [2.05, 4.69) is 18.7 Å². The van der Waals surface area contributed by atoms with Gasteiger partial charge in [-0.3, -0.25) is 9.69 Å². The molecule has 0 unspecified atom stereocenters. The van der Waals surface area contributed by atoms with Crippen molar-refractivity contribution in [3.8, 4) is 16.9 Å². The van der Waals surface area contributed by atoms with E-state index in [0.717, 1.165) is 58.9 Å². The second-order valence-corrected chi connectivity index (χ2v) is 11.3. The number of fused-ring (bicyclic) bond motifs is 1. The van der Waals surface area contributed by atoms with Crippen LogP contribution in [0.15, 0.2) is 66.0 Å². The number of halogens is 2. The number of thiazole rings is 1. The summed E-state index contributed by atoms with van der Waals surface area (Å²) in [5.41, 5.74) is 3.71. The first-order valence-corrected chi connectivity index (χ1v) is 14.9. The maximum absolute atomic E-state index is 14.0. The lowest BCUT2D eigenvalue weighted by Gasteiger charge is -2.22. The molecule has 0 atom stereocenters. The summed E-state index contributed by atoms with van der Waals surface area (Å²) in [5.74, 6) is -0.0261. The molecule has 5 aromatic rings. The topological polar surface area (TPSA) is 54.3 Å². The molecular formula is C29H31Cl2N5OS2. The maximum atomic E-state index is 14.0. The molecule has 5 rings (SSSR count). The van der Waals surface area contributed by atoms with Crippen LogP contribution in [-0.2, 0) is 0 Å². The minimum absolute atomic E-state index is 0. The van der Waals surface area contributed by atoms with Gasteiger partial charge < -0.3 is 4.90 Å². The zero-order valence-electron chi connectivity index (χ0n) is 22.1. The van der Waals surface area contributed by atoms with Gasteiger partial charge in [0.05, 0.1) is 22.0 Å². The number of rotatable bonds is 10. The Hall–Kier alpha value is -2.75. The molecule has 10 heteroatoms. The minimum Gasteiger partial charge on any atom is -0.304 e. The highest BCUT2D eigenvalue weighted by Gasteiger charge is 2.25. The fourth-order valence-corrected chi connectivity index (χ4v) is 6.56. The Morgan fingerprint density at radius 1 is 1.03 bits per heavy atom. The molecular weight excluding hydrogens is 569 g/mol. The van der Waals surface area contributed by atoms with E-state index < -0.39 is 0 Å². The number of hydrogen-bond acceptors (Lipinski definition) is 6. The van der Waals surface area contributed by atoms with Crippen LogP contribution in [0.2, 0.25) is 5.02 Å². The number of aryl methyl sites for hydroxylation is 1. The lowest BCUT2D eigenvalue weighted by atomic mass is 10.2. The molecule has 3 aromatic heterocycles. The van der Waals surface area contributed by atoms with Gasteiger partial charge in [-0.25, -0.2) is 9.67 Å². The Morgan fingerprint density at radius 3 is 2.44 bits per heavy atom. The quantitative estimate of drug-likeness (QED) is 0.163. The third kappa shape index (κ3) is 6.36. The summed E-state index contributed by atoms with van der Waals surface area (Å²) >= 11 is 9.06. The third-order valence-electron chi connectivity index (χ3n) is 6.61. The number of hydrogen-bond donors (Lipinski definition) is 0. The highest BCUT2D eigenvalue weighted by molar-refractivity contribution is 7.20. The van der Waals surface area contributed by atoms with Crippen LogP contribution < -0.4 is 4.90 Å². The van der Waals surface area contributed by atoms with E-state index in [0.29, 0.717) is 21.6 Å². The number of anilines is 1. The van der Waals surface area contributed by atoms with Gasteiger partial charge in [0.25, 0.3) is 5.91 Å². The van der Waals surface area contributed by atoms with E-state index in [1.54, 1.807) is 0 Å². The molecule has 0 aliphatic heterocycles. The molecule has 39 heavy (non-hydrogen) atoms. The molecule has 2 aromatic carbocycles. The van der Waals surface area contributed by atoms with Crippen LogP contribution in [0.4, 0.5) is 5.13 Å². The van der Waals surface area contributed by atoms with Crippen LogP contribution >= 0.6 is 46.7 Å². The molecule has 0 aliphatic rings. The summed E-state index contributed by atoms with van der Waals surface area (Å²) in [6.45, 7) is 9.84. The Balaban J connectivity index is 0.00000353. The zero-order valence-corrected chi connectivity index (χ0v) is 25.3. The second kappa shape index (κ2) is 13.1. The van der Waals surface area contributed by atoms with Crippen LogP contribution in [0.1, 0.15) is 35.6 Å². The zero-order chi connectivity index (χ0) is 26.6.